The number of pyridine rings is 1. The second-order valence-corrected chi connectivity index (χ2v) is 4.03. The molecule has 0 atom stereocenters. The van der Waals surface area contributed by atoms with E-state index in [1.807, 2.05) is 19.1 Å². The molecule has 2 N–H and O–H groups in total. The van der Waals surface area contributed by atoms with Crippen molar-refractivity contribution < 1.29 is 0 Å². The summed E-state index contributed by atoms with van der Waals surface area (Å²) in [5.74, 6) is 0. The minimum Gasteiger partial charge on any atom is -0.320 e. The van der Waals surface area contributed by atoms with Crippen LogP contribution in [0.4, 0.5) is 0 Å². The fourth-order valence-electron chi connectivity index (χ4n) is 2.08. The monoisotopic (exact) mass is 176 g/mol. The largest absolute Gasteiger partial charge is 0.320 e. The molecule has 1 saturated carbocycles. The van der Waals surface area contributed by atoms with Gasteiger partial charge in [0.1, 0.15) is 0 Å². The van der Waals surface area contributed by atoms with Crippen LogP contribution in [0.15, 0.2) is 18.2 Å². The molecule has 0 spiro atoms. The van der Waals surface area contributed by atoms with Gasteiger partial charge in [-0.2, -0.15) is 0 Å². The topological polar surface area (TPSA) is 38.9 Å². The van der Waals surface area contributed by atoms with E-state index in [2.05, 4.69) is 11.1 Å². The first kappa shape index (κ1) is 8.70. The van der Waals surface area contributed by atoms with Gasteiger partial charge in [-0.25, -0.2) is 0 Å². The van der Waals surface area contributed by atoms with Gasteiger partial charge >= 0.3 is 0 Å². The Bertz CT molecular complexity index is 301. The molecule has 1 aliphatic rings. The van der Waals surface area contributed by atoms with Crippen molar-refractivity contribution in [1.29, 1.82) is 0 Å². The molecule has 0 amide bonds. The maximum Gasteiger partial charge on any atom is 0.0605 e. The summed E-state index contributed by atoms with van der Waals surface area (Å²) in [5, 5.41) is 0. The van der Waals surface area contributed by atoms with Crippen LogP contribution in [-0.4, -0.2) is 4.98 Å². The van der Waals surface area contributed by atoms with Crippen molar-refractivity contribution in [3.63, 3.8) is 0 Å². The van der Waals surface area contributed by atoms with Crippen LogP contribution in [0.25, 0.3) is 0 Å². The zero-order valence-corrected chi connectivity index (χ0v) is 8.09. The Balaban J connectivity index is 2.33. The predicted octanol–water partition coefficient (Wildman–Crippen LogP) is 2.12. The standard InChI is InChI=1S/C11H16N2/c1-9-5-4-6-10(13-9)11(12)7-2-3-8-11/h4-6H,2-3,7-8,12H2,1H3. The lowest BCUT2D eigenvalue weighted by atomic mass is 9.94. The number of nitrogens with zero attached hydrogens (tertiary/aromatic N) is 1. The summed E-state index contributed by atoms with van der Waals surface area (Å²) in [5.41, 5.74) is 8.29. The van der Waals surface area contributed by atoms with Gasteiger partial charge in [0.15, 0.2) is 0 Å². The summed E-state index contributed by atoms with van der Waals surface area (Å²) in [6, 6.07) is 6.12. The average Bonchev–Trinajstić information content (AvgIpc) is 2.54. The molecule has 1 fully saturated rings. The van der Waals surface area contributed by atoms with Crippen molar-refractivity contribution in [2.45, 2.75) is 38.1 Å². The fraction of sp³-hybridized carbons (Fsp3) is 0.545. The van der Waals surface area contributed by atoms with Crippen LogP contribution < -0.4 is 5.73 Å². The first-order valence-corrected chi connectivity index (χ1v) is 4.94. The molecule has 0 saturated heterocycles. The molecule has 1 aliphatic carbocycles. The van der Waals surface area contributed by atoms with Crippen LogP contribution in [0.1, 0.15) is 37.1 Å². The number of nitrogens with two attached hydrogens (primary N) is 1. The zero-order chi connectivity index (χ0) is 9.31. The highest BCUT2D eigenvalue weighted by Crippen LogP contribution is 2.34. The van der Waals surface area contributed by atoms with Gasteiger partial charge in [0.25, 0.3) is 0 Å². The first-order valence-electron chi connectivity index (χ1n) is 4.94. The van der Waals surface area contributed by atoms with E-state index in [0.717, 1.165) is 24.2 Å². The van der Waals surface area contributed by atoms with Gasteiger partial charge in [-0.05, 0) is 31.9 Å². The van der Waals surface area contributed by atoms with Gasteiger partial charge in [0.2, 0.25) is 0 Å². The summed E-state index contributed by atoms with van der Waals surface area (Å²) in [4.78, 5) is 4.50. The minimum atomic E-state index is -0.133. The molecular weight excluding hydrogens is 160 g/mol. The Morgan fingerprint density at radius 3 is 2.62 bits per heavy atom. The lowest BCUT2D eigenvalue weighted by Gasteiger charge is -2.22. The van der Waals surface area contributed by atoms with E-state index in [1.54, 1.807) is 0 Å². The number of hydrogen-bond acceptors (Lipinski definition) is 2. The summed E-state index contributed by atoms with van der Waals surface area (Å²) < 4.78 is 0. The molecule has 2 rings (SSSR count). The molecule has 0 radical (unpaired) electrons. The smallest absolute Gasteiger partial charge is 0.0605 e. The highest BCUT2D eigenvalue weighted by Gasteiger charge is 2.32. The van der Waals surface area contributed by atoms with E-state index in [0.29, 0.717) is 0 Å². The predicted molar refractivity (Wildman–Crippen MR) is 53.3 cm³/mol. The lowest BCUT2D eigenvalue weighted by molar-refractivity contribution is 0.446. The van der Waals surface area contributed by atoms with Gasteiger partial charge in [-0.3, -0.25) is 4.98 Å². The van der Waals surface area contributed by atoms with Gasteiger partial charge in [0, 0.05) is 5.69 Å². The molecule has 13 heavy (non-hydrogen) atoms. The number of aryl methyl sites for hydroxylation is 1. The van der Waals surface area contributed by atoms with Crippen LogP contribution in [-0.2, 0) is 5.54 Å². The van der Waals surface area contributed by atoms with Crippen LogP contribution in [0.5, 0.6) is 0 Å². The van der Waals surface area contributed by atoms with Crippen LogP contribution >= 0.6 is 0 Å². The number of hydrogen-bond donors (Lipinski definition) is 1. The van der Waals surface area contributed by atoms with Gasteiger partial charge in [0.05, 0.1) is 11.2 Å². The van der Waals surface area contributed by atoms with E-state index in [4.69, 9.17) is 5.73 Å². The highest BCUT2D eigenvalue weighted by atomic mass is 14.8. The van der Waals surface area contributed by atoms with E-state index in [-0.39, 0.29) is 5.54 Å². The van der Waals surface area contributed by atoms with Crippen LogP contribution in [0.2, 0.25) is 0 Å². The molecule has 2 nitrogen and oxygen atoms in total. The normalized spacial score (nSPS) is 20.5. The van der Waals surface area contributed by atoms with Gasteiger partial charge in [-0.15, -0.1) is 0 Å². The third-order valence-corrected chi connectivity index (χ3v) is 2.89. The molecule has 2 heteroatoms. The Morgan fingerprint density at radius 1 is 1.31 bits per heavy atom. The second-order valence-electron chi connectivity index (χ2n) is 4.03. The summed E-state index contributed by atoms with van der Waals surface area (Å²) in [7, 11) is 0. The van der Waals surface area contributed by atoms with Crippen LogP contribution in [0.3, 0.4) is 0 Å². The molecule has 1 heterocycles. The molecule has 0 bridgehead atoms. The number of aromatic nitrogens is 1. The maximum atomic E-state index is 6.29. The van der Waals surface area contributed by atoms with E-state index < -0.39 is 0 Å². The Hall–Kier alpha value is -0.890. The first-order chi connectivity index (χ1) is 6.21. The second kappa shape index (κ2) is 3.11. The van der Waals surface area contributed by atoms with E-state index >= 15 is 0 Å². The average molecular weight is 176 g/mol. The van der Waals surface area contributed by atoms with E-state index in [1.165, 1.54) is 12.8 Å². The molecular formula is C11H16N2. The minimum absolute atomic E-state index is 0.133. The summed E-state index contributed by atoms with van der Waals surface area (Å²) >= 11 is 0. The third kappa shape index (κ3) is 1.59. The van der Waals surface area contributed by atoms with Crippen molar-refractivity contribution in [3.8, 4) is 0 Å². The van der Waals surface area contributed by atoms with Gasteiger partial charge < -0.3 is 5.73 Å². The quantitative estimate of drug-likeness (QED) is 0.711. The molecule has 0 unspecified atom stereocenters. The molecule has 1 aromatic rings. The SMILES string of the molecule is Cc1cccc(C2(N)CCCC2)n1. The maximum absolute atomic E-state index is 6.29. The van der Waals surface area contributed by atoms with Crippen molar-refractivity contribution in [2.75, 3.05) is 0 Å². The molecule has 0 aliphatic heterocycles. The Morgan fingerprint density at radius 2 is 2.00 bits per heavy atom. The lowest BCUT2D eigenvalue weighted by Crippen LogP contribution is -2.34. The van der Waals surface area contributed by atoms with Crippen molar-refractivity contribution in [2.24, 2.45) is 5.73 Å². The summed E-state index contributed by atoms with van der Waals surface area (Å²) in [6.45, 7) is 2.02. The van der Waals surface area contributed by atoms with Crippen molar-refractivity contribution in [3.05, 3.63) is 29.6 Å². The molecule has 0 aromatic carbocycles. The number of rotatable bonds is 1. The molecule has 1 aromatic heterocycles. The van der Waals surface area contributed by atoms with Crippen molar-refractivity contribution >= 4 is 0 Å². The van der Waals surface area contributed by atoms with Crippen molar-refractivity contribution in [1.82, 2.24) is 4.98 Å². The Kier molecular flexibility index (Phi) is 2.08. The summed E-state index contributed by atoms with van der Waals surface area (Å²) in [6.07, 6.45) is 4.66. The third-order valence-electron chi connectivity index (χ3n) is 2.89. The van der Waals surface area contributed by atoms with E-state index in [9.17, 15) is 0 Å². The fourth-order valence-corrected chi connectivity index (χ4v) is 2.08. The zero-order valence-electron chi connectivity index (χ0n) is 8.09. The molecule has 70 valence electrons. The highest BCUT2D eigenvalue weighted by molar-refractivity contribution is 5.19. The Labute approximate surface area is 79.2 Å². The van der Waals surface area contributed by atoms with Gasteiger partial charge in [-0.1, -0.05) is 18.9 Å². The van der Waals surface area contributed by atoms with Crippen LogP contribution in [0, 0.1) is 6.92 Å².